The van der Waals surface area contributed by atoms with Gasteiger partial charge in [0.05, 0.1) is 5.60 Å². The molecule has 39 heavy (non-hydrogen) atoms. The molecule has 2 unspecified atom stereocenters. The highest BCUT2D eigenvalue weighted by molar-refractivity contribution is 6.08. The summed E-state index contributed by atoms with van der Waals surface area (Å²) in [5, 5.41) is 14.2. The van der Waals surface area contributed by atoms with Crippen LogP contribution in [0.15, 0.2) is 30.3 Å². The number of piperidine rings is 2. The number of nitrogens with one attached hydrogen (secondary N) is 2. The van der Waals surface area contributed by atoms with E-state index in [-0.39, 0.29) is 41.8 Å². The van der Waals surface area contributed by atoms with Crippen LogP contribution < -0.4 is 10.1 Å². The smallest absolute Gasteiger partial charge is 0.260 e. The molecular weight excluding hydrogens is 494 g/mol. The number of amides is 2. The molecule has 9 nitrogen and oxygen atoms in total. The second kappa shape index (κ2) is 12.7. The summed E-state index contributed by atoms with van der Waals surface area (Å²) in [4.78, 5) is 36.5. The van der Waals surface area contributed by atoms with Crippen LogP contribution in [0.5, 0.6) is 5.75 Å². The summed E-state index contributed by atoms with van der Waals surface area (Å²) < 4.78 is 5.64. The normalized spacial score (nSPS) is 25.2. The van der Waals surface area contributed by atoms with Gasteiger partial charge < -0.3 is 15.0 Å². The van der Waals surface area contributed by atoms with Crippen molar-refractivity contribution in [2.45, 2.75) is 83.8 Å². The predicted molar refractivity (Wildman–Crippen MR) is 151 cm³/mol. The minimum Gasteiger partial charge on any atom is -0.484 e. The van der Waals surface area contributed by atoms with E-state index in [0.717, 1.165) is 51.5 Å². The van der Waals surface area contributed by atoms with Gasteiger partial charge in [-0.1, -0.05) is 38.0 Å². The molecular formula is C30H47N5O4. The van der Waals surface area contributed by atoms with E-state index < -0.39 is 5.54 Å². The van der Waals surface area contributed by atoms with Crippen LogP contribution in [0.4, 0.5) is 0 Å². The topological polar surface area (TPSA) is 98.2 Å². The number of rotatable bonds is 10. The second-order valence-corrected chi connectivity index (χ2v) is 12.3. The van der Waals surface area contributed by atoms with E-state index in [9.17, 15) is 9.59 Å². The Kier molecular flexibility index (Phi) is 9.54. The molecule has 2 amide bonds. The summed E-state index contributed by atoms with van der Waals surface area (Å²) in [6.45, 7) is 11.7. The van der Waals surface area contributed by atoms with Gasteiger partial charge in [-0.15, -0.1) is 0 Å². The number of guanidine groups is 1. The largest absolute Gasteiger partial charge is 0.484 e. The fourth-order valence-electron chi connectivity index (χ4n) is 6.15. The highest BCUT2D eigenvalue weighted by Crippen LogP contribution is 2.37. The predicted octanol–water partition coefficient (Wildman–Crippen LogP) is 4.04. The summed E-state index contributed by atoms with van der Waals surface area (Å²) in [5.41, 5.74) is -1.04. The SMILES string of the molecule is CCCCC1(C2CCCN(OC(C)(C)C)C2)NC(=N)N(CC2CCN(C(=O)COc3ccccc3)CC2)C1=O. The van der Waals surface area contributed by atoms with Crippen molar-refractivity contribution in [3.63, 3.8) is 0 Å². The standard InChI is InChI=1S/C30H47N5O4/c1-5-6-16-30(24-11-10-17-34(21-24)39-29(2,3)4)27(37)35(28(31)32-30)20-23-14-18-33(19-15-23)26(36)22-38-25-12-8-7-9-13-25/h7-9,12-13,23-24H,5-6,10-11,14-22H2,1-4H3,(H2,31,32). The Morgan fingerprint density at radius 2 is 1.85 bits per heavy atom. The zero-order chi connectivity index (χ0) is 28.0. The van der Waals surface area contributed by atoms with Gasteiger partial charge in [0.2, 0.25) is 0 Å². The zero-order valence-corrected chi connectivity index (χ0v) is 24.2. The summed E-state index contributed by atoms with van der Waals surface area (Å²) in [7, 11) is 0. The Morgan fingerprint density at radius 3 is 2.51 bits per heavy atom. The number of nitrogens with zero attached hydrogens (tertiary/aromatic N) is 3. The van der Waals surface area contributed by atoms with Gasteiger partial charge in [-0.05, 0) is 70.9 Å². The van der Waals surface area contributed by atoms with Gasteiger partial charge in [0.1, 0.15) is 11.3 Å². The maximum Gasteiger partial charge on any atom is 0.260 e. The maximum atomic E-state index is 14.1. The van der Waals surface area contributed by atoms with Crippen LogP contribution in [0.2, 0.25) is 0 Å². The van der Waals surface area contributed by atoms with Gasteiger partial charge in [-0.2, -0.15) is 5.06 Å². The molecule has 2 N–H and O–H groups in total. The zero-order valence-electron chi connectivity index (χ0n) is 24.2. The Morgan fingerprint density at radius 1 is 1.13 bits per heavy atom. The maximum absolute atomic E-state index is 14.1. The number of carbonyl (C=O) groups excluding carboxylic acids is 2. The summed E-state index contributed by atoms with van der Waals surface area (Å²) >= 11 is 0. The van der Waals surface area contributed by atoms with E-state index in [0.29, 0.717) is 31.9 Å². The second-order valence-electron chi connectivity index (χ2n) is 12.3. The van der Waals surface area contributed by atoms with Crippen LogP contribution in [0.25, 0.3) is 0 Å². The molecule has 3 fully saturated rings. The van der Waals surface area contributed by atoms with Crippen LogP contribution in [0.1, 0.15) is 72.6 Å². The molecule has 0 bridgehead atoms. The van der Waals surface area contributed by atoms with E-state index in [1.807, 2.05) is 40.3 Å². The van der Waals surface area contributed by atoms with Crippen LogP contribution >= 0.6 is 0 Å². The Bertz CT molecular complexity index is 989. The van der Waals surface area contributed by atoms with Gasteiger partial charge in [-0.25, -0.2) is 0 Å². The van der Waals surface area contributed by atoms with Crippen molar-refractivity contribution in [2.75, 3.05) is 39.3 Å². The number of ether oxygens (including phenoxy) is 1. The molecule has 3 aliphatic rings. The highest BCUT2D eigenvalue weighted by atomic mass is 16.7. The van der Waals surface area contributed by atoms with Crippen LogP contribution in [0.3, 0.4) is 0 Å². The number of hydrogen-bond donors (Lipinski definition) is 2. The number of benzene rings is 1. The number of hydroxylamine groups is 2. The van der Waals surface area contributed by atoms with Crippen molar-refractivity contribution in [3.8, 4) is 5.75 Å². The molecule has 0 aliphatic carbocycles. The first-order chi connectivity index (χ1) is 18.6. The van der Waals surface area contributed by atoms with Gasteiger partial charge in [0.15, 0.2) is 12.6 Å². The van der Waals surface area contributed by atoms with Gasteiger partial charge in [-0.3, -0.25) is 24.7 Å². The van der Waals surface area contributed by atoms with E-state index in [4.69, 9.17) is 15.0 Å². The lowest BCUT2D eigenvalue weighted by Crippen LogP contribution is -2.58. The first-order valence-corrected chi connectivity index (χ1v) is 14.7. The average Bonchev–Trinajstić information content (AvgIpc) is 3.16. The summed E-state index contributed by atoms with van der Waals surface area (Å²) in [5.74, 6) is 1.28. The van der Waals surface area contributed by atoms with E-state index >= 15 is 0 Å². The molecule has 3 aliphatic heterocycles. The van der Waals surface area contributed by atoms with Crippen LogP contribution in [0, 0.1) is 17.2 Å². The van der Waals surface area contributed by atoms with Gasteiger partial charge >= 0.3 is 0 Å². The van der Waals surface area contributed by atoms with Crippen LogP contribution in [-0.2, 0) is 14.4 Å². The molecule has 9 heteroatoms. The van der Waals surface area contributed by atoms with Crippen molar-refractivity contribution < 1.29 is 19.2 Å². The molecule has 4 rings (SSSR count). The minimum absolute atomic E-state index is 0.0122. The van der Waals surface area contributed by atoms with Crippen molar-refractivity contribution in [1.29, 1.82) is 5.41 Å². The van der Waals surface area contributed by atoms with Crippen molar-refractivity contribution >= 4 is 17.8 Å². The third-order valence-corrected chi connectivity index (χ3v) is 8.16. The third kappa shape index (κ3) is 7.31. The molecule has 3 heterocycles. The molecule has 0 spiro atoms. The monoisotopic (exact) mass is 541 g/mol. The van der Waals surface area contributed by atoms with Gasteiger partial charge in [0, 0.05) is 38.6 Å². The minimum atomic E-state index is -0.752. The van der Waals surface area contributed by atoms with Crippen molar-refractivity contribution in [1.82, 2.24) is 20.2 Å². The Hall–Kier alpha value is -2.65. The number of hydrogen-bond acceptors (Lipinski definition) is 6. The number of likely N-dealkylation sites (tertiary alicyclic amines) is 1. The molecule has 0 radical (unpaired) electrons. The van der Waals surface area contributed by atoms with E-state index in [2.05, 4.69) is 33.0 Å². The van der Waals surface area contributed by atoms with Crippen LogP contribution in [-0.4, -0.2) is 83.1 Å². The molecule has 0 saturated carbocycles. The molecule has 0 aromatic heterocycles. The fourth-order valence-corrected chi connectivity index (χ4v) is 6.15. The highest BCUT2D eigenvalue weighted by Gasteiger charge is 2.55. The summed E-state index contributed by atoms with van der Waals surface area (Å²) in [6, 6.07) is 9.38. The Balaban J connectivity index is 1.34. The lowest BCUT2D eigenvalue weighted by molar-refractivity contribution is -0.245. The molecule has 3 saturated heterocycles. The van der Waals surface area contributed by atoms with E-state index in [1.165, 1.54) is 0 Å². The first kappa shape index (κ1) is 29.3. The Labute approximate surface area is 233 Å². The first-order valence-electron chi connectivity index (χ1n) is 14.7. The number of carbonyl (C=O) groups is 2. The van der Waals surface area contributed by atoms with Crippen molar-refractivity contribution in [3.05, 3.63) is 30.3 Å². The fraction of sp³-hybridized carbons (Fsp3) is 0.700. The molecule has 1 aromatic carbocycles. The molecule has 1 aromatic rings. The lowest BCUT2D eigenvalue weighted by atomic mass is 9.75. The molecule has 216 valence electrons. The van der Waals surface area contributed by atoms with Crippen molar-refractivity contribution in [2.24, 2.45) is 11.8 Å². The number of unbranched alkanes of at least 4 members (excludes halogenated alkanes) is 1. The van der Waals surface area contributed by atoms with E-state index in [1.54, 1.807) is 4.90 Å². The number of para-hydroxylation sites is 1. The average molecular weight is 542 g/mol. The third-order valence-electron chi connectivity index (χ3n) is 8.16. The quantitative estimate of drug-likeness (QED) is 0.464. The van der Waals surface area contributed by atoms with Gasteiger partial charge in [0.25, 0.3) is 11.8 Å². The lowest BCUT2D eigenvalue weighted by Gasteiger charge is -2.43. The summed E-state index contributed by atoms with van der Waals surface area (Å²) in [6.07, 6.45) is 6.20. The molecule has 2 atom stereocenters.